The highest BCUT2D eigenvalue weighted by Gasteiger charge is 2.03. The van der Waals surface area contributed by atoms with Crippen LogP contribution >= 0.6 is 15.9 Å². The molecular weight excluding hydrogens is 286 g/mol. The van der Waals surface area contributed by atoms with E-state index in [4.69, 9.17) is 9.84 Å². The fourth-order valence-corrected chi connectivity index (χ4v) is 1.79. The van der Waals surface area contributed by atoms with Crippen LogP contribution in [0, 0.1) is 0 Å². The molecule has 1 aromatic rings. The van der Waals surface area contributed by atoms with Crippen molar-refractivity contribution < 1.29 is 14.6 Å². The number of benzene rings is 1. The maximum absolute atomic E-state index is 10.3. The molecule has 0 aliphatic heterocycles. The zero-order valence-electron chi connectivity index (χ0n) is 9.70. The molecule has 0 saturated carbocycles. The topological polar surface area (TPSA) is 58.6 Å². The molecule has 0 aliphatic rings. The molecule has 0 heterocycles. The first kappa shape index (κ1) is 14.0. The van der Waals surface area contributed by atoms with Crippen molar-refractivity contribution >= 4 is 21.9 Å². The normalized spacial score (nSPS) is 10.2. The number of carbonyl (C=O) groups is 1. The van der Waals surface area contributed by atoms with E-state index in [1.165, 1.54) is 0 Å². The SMILES string of the molecule is COc1cc(Br)ccc1CNCCCC(=O)O. The first-order chi connectivity index (χ1) is 8.13. The molecule has 0 saturated heterocycles. The van der Waals surface area contributed by atoms with E-state index in [2.05, 4.69) is 21.2 Å². The van der Waals surface area contributed by atoms with E-state index < -0.39 is 5.97 Å². The minimum Gasteiger partial charge on any atom is -0.496 e. The fourth-order valence-electron chi connectivity index (χ4n) is 1.45. The lowest BCUT2D eigenvalue weighted by Crippen LogP contribution is -2.16. The third-order valence-electron chi connectivity index (χ3n) is 2.31. The van der Waals surface area contributed by atoms with Gasteiger partial charge in [0.1, 0.15) is 5.75 Å². The van der Waals surface area contributed by atoms with Gasteiger partial charge in [-0.05, 0) is 25.1 Å². The third-order valence-corrected chi connectivity index (χ3v) is 2.80. The minimum absolute atomic E-state index is 0.199. The summed E-state index contributed by atoms with van der Waals surface area (Å²) < 4.78 is 6.23. The molecular formula is C12H16BrNO3. The summed E-state index contributed by atoms with van der Waals surface area (Å²) in [6.07, 6.45) is 0.832. The number of halogens is 1. The zero-order chi connectivity index (χ0) is 12.7. The van der Waals surface area contributed by atoms with Gasteiger partial charge in [-0.25, -0.2) is 0 Å². The molecule has 0 radical (unpaired) electrons. The van der Waals surface area contributed by atoms with Gasteiger partial charge in [-0.1, -0.05) is 22.0 Å². The van der Waals surface area contributed by atoms with Crippen molar-refractivity contribution in [3.8, 4) is 5.75 Å². The Morgan fingerprint density at radius 3 is 2.94 bits per heavy atom. The van der Waals surface area contributed by atoms with E-state index in [-0.39, 0.29) is 6.42 Å². The Balaban J connectivity index is 2.38. The van der Waals surface area contributed by atoms with Crippen LogP contribution in [0.5, 0.6) is 5.75 Å². The van der Waals surface area contributed by atoms with Crippen LogP contribution in [-0.2, 0) is 11.3 Å². The van der Waals surface area contributed by atoms with Crippen LogP contribution in [0.1, 0.15) is 18.4 Å². The molecule has 0 unspecified atom stereocenters. The summed E-state index contributed by atoms with van der Waals surface area (Å²) in [5.41, 5.74) is 1.06. The Kier molecular flexibility index (Phi) is 6.00. The predicted molar refractivity (Wildman–Crippen MR) is 69.3 cm³/mol. The highest BCUT2D eigenvalue weighted by Crippen LogP contribution is 2.23. The number of rotatable bonds is 7. The number of hydrogen-bond donors (Lipinski definition) is 2. The highest BCUT2D eigenvalue weighted by atomic mass is 79.9. The molecule has 2 N–H and O–H groups in total. The van der Waals surface area contributed by atoms with Crippen LogP contribution in [0.25, 0.3) is 0 Å². The van der Waals surface area contributed by atoms with E-state index in [0.717, 1.165) is 15.8 Å². The van der Waals surface area contributed by atoms with Crippen LogP contribution < -0.4 is 10.1 Å². The second-order valence-corrected chi connectivity index (χ2v) is 4.55. The average Bonchev–Trinajstić information content (AvgIpc) is 2.29. The monoisotopic (exact) mass is 301 g/mol. The predicted octanol–water partition coefficient (Wildman–Crippen LogP) is 2.41. The standard InChI is InChI=1S/C12H16BrNO3/c1-17-11-7-10(13)5-4-9(11)8-14-6-2-3-12(15)16/h4-5,7,14H,2-3,6,8H2,1H3,(H,15,16). The van der Waals surface area contributed by atoms with E-state index >= 15 is 0 Å². The molecule has 0 bridgehead atoms. The van der Waals surface area contributed by atoms with Gasteiger partial charge in [0, 0.05) is 23.0 Å². The summed E-state index contributed by atoms with van der Waals surface area (Å²) in [6.45, 7) is 1.36. The lowest BCUT2D eigenvalue weighted by atomic mass is 10.2. The molecule has 5 heteroatoms. The molecule has 1 rings (SSSR count). The second-order valence-electron chi connectivity index (χ2n) is 3.63. The van der Waals surface area contributed by atoms with E-state index in [9.17, 15) is 4.79 Å². The molecule has 4 nitrogen and oxygen atoms in total. The first-order valence-electron chi connectivity index (χ1n) is 5.38. The highest BCUT2D eigenvalue weighted by molar-refractivity contribution is 9.10. The summed E-state index contributed by atoms with van der Waals surface area (Å²) in [5.74, 6) is 0.0677. The second kappa shape index (κ2) is 7.29. The first-order valence-corrected chi connectivity index (χ1v) is 6.17. The maximum atomic E-state index is 10.3. The largest absolute Gasteiger partial charge is 0.496 e. The molecule has 1 aromatic carbocycles. The molecule has 0 aliphatic carbocycles. The Labute approximate surface area is 109 Å². The van der Waals surface area contributed by atoms with Gasteiger partial charge < -0.3 is 15.2 Å². The lowest BCUT2D eigenvalue weighted by Gasteiger charge is -2.09. The minimum atomic E-state index is -0.756. The summed E-state index contributed by atoms with van der Waals surface area (Å²) >= 11 is 3.38. The van der Waals surface area contributed by atoms with Crippen LogP contribution in [0.15, 0.2) is 22.7 Å². The van der Waals surface area contributed by atoms with Crippen LogP contribution in [-0.4, -0.2) is 24.7 Å². The number of nitrogens with one attached hydrogen (secondary N) is 1. The summed E-state index contributed by atoms with van der Waals surface area (Å²) in [7, 11) is 1.63. The van der Waals surface area contributed by atoms with Crippen molar-refractivity contribution in [2.24, 2.45) is 0 Å². The van der Waals surface area contributed by atoms with Gasteiger partial charge in [-0.2, -0.15) is 0 Å². The van der Waals surface area contributed by atoms with Gasteiger partial charge in [0.15, 0.2) is 0 Å². The summed E-state index contributed by atoms with van der Waals surface area (Å²) in [6, 6.07) is 5.85. The van der Waals surface area contributed by atoms with Gasteiger partial charge >= 0.3 is 5.97 Å². The van der Waals surface area contributed by atoms with Gasteiger partial charge in [0.05, 0.1) is 7.11 Å². The molecule has 94 valence electrons. The van der Waals surface area contributed by atoms with Gasteiger partial charge in [-0.3, -0.25) is 4.79 Å². The Bertz CT molecular complexity index is 382. The number of methoxy groups -OCH3 is 1. The van der Waals surface area contributed by atoms with Gasteiger partial charge in [0.25, 0.3) is 0 Å². The lowest BCUT2D eigenvalue weighted by molar-refractivity contribution is -0.137. The molecule has 0 spiro atoms. The average molecular weight is 302 g/mol. The van der Waals surface area contributed by atoms with E-state index in [1.54, 1.807) is 7.11 Å². The van der Waals surface area contributed by atoms with E-state index in [1.807, 2.05) is 18.2 Å². The fraction of sp³-hybridized carbons (Fsp3) is 0.417. The van der Waals surface area contributed by atoms with Crippen molar-refractivity contribution in [3.63, 3.8) is 0 Å². The number of carboxylic acid groups (broad SMARTS) is 1. The van der Waals surface area contributed by atoms with Crippen molar-refractivity contribution in [1.29, 1.82) is 0 Å². The van der Waals surface area contributed by atoms with Gasteiger partial charge in [-0.15, -0.1) is 0 Å². The number of aliphatic carboxylic acids is 1. The number of ether oxygens (including phenoxy) is 1. The third kappa shape index (κ3) is 5.19. The van der Waals surface area contributed by atoms with Crippen LogP contribution in [0.4, 0.5) is 0 Å². The molecule has 0 atom stereocenters. The Morgan fingerprint density at radius 1 is 1.53 bits per heavy atom. The van der Waals surface area contributed by atoms with Crippen molar-refractivity contribution in [1.82, 2.24) is 5.32 Å². The summed E-state index contributed by atoms with van der Waals surface area (Å²) in [4.78, 5) is 10.3. The van der Waals surface area contributed by atoms with Crippen molar-refractivity contribution in [3.05, 3.63) is 28.2 Å². The quantitative estimate of drug-likeness (QED) is 0.759. The molecule has 0 aromatic heterocycles. The summed E-state index contributed by atoms with van der Waals surface area (Å²) in [5, 5.41) is 11.7. The maximum Gasteiger partial charge on any atom is 0.303 e. The van der Waals surface area contributed by atoms with E-state index in [0.29, 0.717) is 19.5 Å². The number of carboxylic acids is 1. The Morgan fingerprint density at radius 2 is 2.29 bits per heavy atom. The van der Waals surface area contributed by atoms with Gasteiger partial charge in [0.2, 0.25) is 0 Å². The Hall–Kier alpha value is -1.07. The molecule has 17 heavy (non-hydrogen) atoms. The van der Waals surface area contributed by atoms with Crippen molar-refractivity contribution in [2.45, 2.75) is 19.4 Å². The molecule has 0 fully saturated rings. The van der Waals surface area contributed by atoms with Crippen LogP contribution in [0.2, 0.25) is 0 Å². The number of hydrogen-bond acceptors (Lipinski definition) is 3. The smallest absolute Gasteiger partial charge is 0.303 e. The zero-order valence-corrected chi connectivity index (χ0v) is 11.3. The van der Waals surface area contributed by atoms with Crippen molar-refractivity contribution in [2.75, 3.05) is 13.7 Å². The molecule has 0 amide bonds. The van der Waals surface area contributed by atoms with Crippen LogP contribution in [0.3, 0.4) is 0 Å².